The van der Waals surface area contributed by atoms with E-state index in [0.29, 0.717) is 5.92 Å². The van der Waals surface area contributed by atoms with Gasteiger partial charge in [-0.1, -0.05) is 19.9 Å². The van der Waals surface area contributed by atoms with E-state index in [-0.39, 0.29) is 12.1 Å². The van der Waals surface area contributed by atoms with Crippen LogP contribution < -0.4 is 11.5 Å². The Bertz CT molecular complexity index is 288. The van der Waals surface area contributed by atoms with Crippen LogP contribution in [0.3, 0.4) is 0 Å². The Morgan fingerprint density at radius 2 is 1.65 bits per heavy atom. The topological polar surface area (TPSA) is 64.9 Å². The summed E-state index contributed by atoms with van der Waals surface area (Å²) in [6.07, 6.45) is 5.80. The fraction of sp³-hybridized carbons (Fsp3) is 0.643. The third-order valence-electron chi connectivity index (χ3n) is 3.33. The molecule has 96 valence electrons. The van der Waals surface area contributed by atoms with Crippen LogP contribution in [0.4, 0.5) is 0 Å². The summed E-state index contributed by atoms with van der Waals surface area (Å²) in [5.74, 6) is 0.390. The minimum atomic E-state index is 0.242. The number of hydrogen-bond acceptors (Lipinski definition) is 3. The molecule has 0 saturated carbocycles. The molecule has 0 spiro atoms. The lowest BCUT2D eigenvalue weighted by atomic mass is 9.88. The van der Waals surface area contributed by atoms with Crippen molar-refractivity contribution < 1.29 is 0 Å². The van der Waals surface area contributed by atoms with Gasteiger partial charge in [0.25, 0.3) is 0 Å². The normalized spacial score (nSPS) is 16.5. The number of aromatic nitrogens is 1. The van der Waals surface area contributed by atoms with Gasteiger partial charge < -0.3 is 11.5 Å². The Balaban J connectivity index is 2.72. The van der Waals surface area contributed by atoms with Gasteiger partial charge in [-0.25, -0.2) is 0 Å². The van der Waals surface area contributed by atoms with Gasteiger partial charge in [-0.3, -0.25) is 4.98 Å². The molecule has 1 heterocycles. The highest BCUT2D eigenvalue weighted by atomic mass is 14.7. The van der Waals surface area contributed by atoms with Gasteiger partial charge in [0.2, 0.25) is 0 Å². The van der Waals surface area contributed by atoms with E-state index < -0.39 is 0 Å². The van der Waals surface area contributed by atoms with Crippen LogP contribution in [0.2, 0.25) is 0 Å². The van der Waals surface area contributed by atoms with E-state index in [0.717, 1.165) is 31.4 Å². The minimum absolute atomic E-state index is 0.242. The summed E-state index contributed by atoms with van der Waals surface area (Å²) in [5.41, 5.74) is 13.2. The van der Waals surface area contributed by atoms with Crippen LogP contribution in [-0.2, 0) is 0 Å². The molecule has 3 heteroatoms. The summed E-state index contributed by atoms with van der Waals surface area (Å²) in [6, 6.07) is 6.54. The van der Waals surface area contributed by atoms with Crippen molar-refractivity contribution in [3.05, 3.63) is 30.1 Å². The molecular weight excluding hydrogens is 210 g/mol. The Labute approximate surface area is 105 Å². The molecule has 0 radical (unpaired) electrons. The van der Waals surface area contributed by atoms with Crippen molar-refractivity contribution in [1.82, 2.24) is 4.98 Å². The second-order valence-electron chi connectivity index (χ2n) is 4.76. The van der Waals surface area contributed by atoms with Crippen molar-refractivity contribution in [1.29, 1.82) is 0 Å². The van der Waals surface area contributed by atoms with E-state index in [1.165, 1.54) is 0 Å². The molecule has 1 rings (SSSR count). The number of pyridine rings is 1. The Kier molecular flexibility index (Phi) is 6.16. The summed E-state index contributed by atoms with van der Waals surface area (Å²) < 4.78 is 0. The number of nitrogens with zero attached hydrogens (tertiary/aromatic N) is 1. The Morgan fingerprint density at radius 3 is 2.06 bits per heavy atom. The molecule has 2 unspecified atom stereocenters. The van der Waals surface area contributed by atoms with Crippen LogP contribution in [0.1, 0.15) is 51.1 Å². The van der Waals surface area contributed by atoms with Crippen molar-refractivity contribution in [3.63, 3.8) is 0 Å². The molecule has 3 nitrogen and oxygen atoms in total. The van der Waals surface area contributed by atoms with E-state index in [4.69, 9.17) is 11.5 Å². The lowest BCUT2D eigenvalue weighted by molar-refractivity contribution is 0.441. The Hall–Kier alpha value is -0.930. The van der Waals surface area contributed by atoms with Crippen LogP contribution in [0.25, 0.3) is 0 Å². The average Bonchev–Trinajstić information content (AvgIpc) is 2.38. The van der Waals surface area contributed by atoms with E-state index >= 15 is 0 Å². The molecule has 0 aromatic carbocycles. The molecule has 17 heavy (non-hydrogen) atoms. The smallest absolute Gasteiger partial charge is 0.0435 e. The first-order valence-electron chi connectivity index (χ1n) is 6.59. The zero-order chi connectivity index (χ0) is 12.7. The highest BCUT2D eigenvalue weighted by Gasteiger charge is 2.18. The molecule has 0 fully saturated rings. The second kappa shape index (κ2) is 7.41. The first-order valence-corrected chi connectivity index (χ1v) is 6.59. The SMILES string of the molecule is CCC(N)CC(CC(N)CC)c1ccccn1. The first-order chi connectivity index (χ1) is 8.17. The van der Waals surface area contributed by atoms with Crippen LogP contribution in [-0.4, -0.2) is 17.1 Å². The first kappa shape index (κ1) is 14.1. The van der Waals surface area contributed by atoms with Crippen molar-refractivity contribution >= 4 is 0 Å². The summed E-state index contributed by atoms with van der Waals surface area (Å²) in [6.45, 7) is 4.25. The molecule has 0 aliphatic carbocycles. The summed E-state index contributed by atoms with van der Waals surface area (Å²) in [7, 11) is 0. The number of nitrogens with two attached hydrogens (primary N) is 2. The van der Waals surface area contributed by atoms with Crippen molar-refractivity contribution in [2.75, 3.05) is 0 Å². The summed E-state index contributed by atoms with van der Waals surface area (Å²) in [5, 5.41) is 0. The largest absolute Gasteiger partial charge is 0.328 e. The average molecular weight is 235 g/mol. The zero-order valence-corrected chi connectivity index (χ0v) is 11.0. The number of rotatable bonds is 7. The van der Waals surface area contributed by atoms with E-state index in [1.54, 1.807) is 0 Å². The van der Waals surface area contributed by atoms with E-state index in [2.05, 4.69) is 24.9 Å². The maximum atomic E-state index is 6.06. The van der Waals surface area contributed by atoms with Crippen LogP contribution >= 0.6 is 0 Å². The predicted molar refractivity (Wildman–Crippen MR) is 72.7 cm³/mol. The van der Waals surface area contributed by atoms with E-state index in [1.807, 2.05) is 18.3 Å². The van der Waals surface area contributed by atoms with Gasteiger partial charge in [-0.2, -0.15) is 0 Å². The summed E-state index contributed by atoms with van der Waals surface area (Å²) >= 11 is 0. The molecular formula is C14H25N3. The van der Waals surface area contributed by atoms with Gasteiger partial charge >= 0.3 is 0 Å². The van der Waals surface area contributed by atoms with Crippen LogP contribution in [0.5, 0.6) is 0 Å². The maximum absolute atomic E-state index is 6.06. The number of hydrogen-bond donors (Lipinski definition) is 2. The second-order valence-corrected chi connectivity index (χ2v) is 4.76. The van der Waals surface area contributed by atoms with Gasteiger partial charge in [0.1, 0.15) is 0 Å². The molecule has 0 aliphatic heterocycles. The van der Waals surface area contributed by atoms with Crippen molar-refractivity contribution in [2.24, 2.45) is 11.5 Å². The molecule has 0 saturated heterocycles. The summed E-state index contributed by atoms with van der Waals surface area (Å²) in [4.78, 5) is 4.44. The Morgan fingerprint density at radius 1 is 1.06 bits per heavy atom. The standard InChI is InChI=1S/C14H25N3/c1-3-12(15)9-11(10-13(16)4-2)14-7-5-6-8-17-14/h5-8,11-13H,3-4,9-10,15-16H2,1-2H3. The maximum Gasteiger partial charge on any atom is 0.0435 e. The van der Waals surface area contributed by atoms with Gasteiger partial charge in [0.05, 0.1) is 0 Å². The van der Waals surface area contributed by atoms with Gasteiger partial charge in [-0.05, 0) is 37.8 Å². The highest BCUT2D eigenvalue weighted by Crippen LogP contribution is 2.25. The van der Waals surface area contributed by atoms with Gasteiger partial charge in [-0.15, -0.1) is 0 Å². The van der Waals surface area contributed by atoms with Crippen LogP contribution in [0.15, 0.2) is 24.4 Å². The zero-order valence-electron chi connectivity index (χ0n) is 11.0. The van der Waals surface area contributed by atoms with E-state index in [9.17, 15) is 0 Å². The monoisotopic (exact) mass is 235 g/mol. The van der Waals surface area contributed by atoms with Gasteiger partial charge in [0.15, 0.2) is 0 Å². The lowest BCUT2D eigenvalue weighted by Crippen LogP contribution is -2.27. The lowest BCUT2D eigenvalue weighted by Gasteiger charge is -2.22. The fourth-order valence-electron chi connectivity index (χ4n) is 2.02. The highest BCUT2D eigenvalue weighted by molar-refractivity contribution is 5.10. The molecule has 1 aromatic rings. The fourth-order valence-corrected chi connectivity index (χ4v) is 2.02. The molecule has 0 aliphatic rings. The molecule has 0 amide bonds. The quantitative estimate of drug-likeness (QED) is 0.763. The van der Waals surface area contributed by atoms with Crippen LogP contribution in [0, 0.1) is 0 Å². The minimum Gasteiger partial charge on any atom is -0.328 e. The molecule has 0 bridgehead atoms. The third-order valence-corrected chi connectivity index (χ3v) is 3.33. The predicted octanol–water partition coefficient (Wildman–Crippen LogP) is 2.42. The molecule has 1 aromatic heterocycles. The molecule has 4 N–H and O–H groups in total. The van der Waals surface area contributed by atoms with Crippen molar-refractivity contribution in [2.45, 2.75) is 57.5 Å². The molecule has 2 atom stereocenters. The van der Waals surface area contributed by atoms with Crippen molar-refractivity contribution in [3.8, 4) is 0 Å². The van der Waals surface area contributed by atoms with Gasteiger partial charge in [0, 0.05) is 29.9 Å². The third kappa shape index (κ3) is 4.84.